The van der Waals surface area contributed by atoms with E-state index in [2.05, 4.69) is 15.5 Å². The topological polar surface area (TPSA) is 128 Å². The molecule has 0 radical (unpaired) electrons. The second-order valence-electron chi connectivity index (χ2n) is 11.4. The number of nitrogens with zero attached hydrogens (tertiary/aromatic N) is 2. The summed E-state index contributed by atoms with van der Waals surface area (Å²) in [7, 11) is 4.29. The maximum Gasteiger partial charge on any atom is 0.339 e. The fraction of sp³-hybridized carbons (Fsp3) is 0.257. The lowest BCUT2D eigenvalue weighted by molar-refractivity contribution is 0.0601. The molecular weight excluding hydrogens is 588 g/mol. The number of nitrogens with one attached hydrogen (secondary N) is 2. The number of carbonyl (C=O) groups is 3. The summed E-state index contributed by atoms with van der Waals surface area (Å²) in [4.78, 5) is 54.3. The van der Waals surface area contributed by atoms with Gasteiger partial charge in [-0.2, -0.15) is 0 Å². The number of carbonyl (C=O) groups excluding carboxylic acids is 3. The van der Waals surface area contributed by atoms with Crippen LogP contribution in [-0.2, 0) is 11.3 Å². The van der Waals surface area contributed by atoms with E-state index in [9.17, 15) is 19.2 Å². The number of hydrogen-bond donors (Lipinski definition) is 2. The zero-order valence-corrected chi connectivity index (χ0v) is 25.7. The van der Waals surface area contributed by atoms with Crippen molar-refractivity contribution < 1.29 is 28.6 Å². The Bertz CT molecular complexity index is 1860. The molecule has 0 aliphatic carbocycles. The van der Waals surface area contributed by atoms with Gasteiger partial charge in [0.15, 0.2) is 0 Å². The van der Waals surface area contributed by atoms with Gasteiger partial charge in [-0.05, 0) is 60.9 Å². The molecule has 2 N–H and O–H groups in total. The molecule has 1 saturated heterocycles. The largest absolute Gasteiger partial charge is 0.497 e. The number of esters is 1. The van der Waals surface area contributed by atoms with Crippen molar-refractivity contribution in [2.45, 2.75) is 18.9 Å². The molecule has 11 heteroatoms. The van der Waals surface area contributed by atoms with Crippen LogP contribution in [0.25, 0.3) is 0 Å². The number of anilines is 3. The molecule has 2 amide bonds. The van der Waals surface area contributed by atoms with E-state index >= 15 is 0 Å². The van der Waals surface area contributed by atoms with Crippen molar-refractivity contribution in [1.29, 1.82) is 0 Å². The normalized spacial score (nSPS) is 16.5. The molecule has 2 aliphatic rings. The quantitative estimate of drug-likeness (QED) is 0.269. The van der Waals surface area contributed by atoms with Crippen LogP contribution in [0.15, 0.2) is 83.7 Å². The average Bonchev–Trinajstić information content (AvgIpc) is 3.08. The lowest BCUT2D eigenvalue weighted by Gasteiger charge is -2.44. The minimum absolute atomic E-state index is 0.00598. The van der Waals surface area contributed by atoms with Crippen molar-refractivity contribution in [3.8, 4) is 11.5 Å². The smallest absolute Gasteiger partial charge is 0.339 e. The van der Waals surface area contributed by atoms with E-state index in [-0.39, 0.29) is 28.5 Å². The van der Waals surface area contributed by atoms with Crippen LogP contribution in [0, 0.1) is 5.92 Å². The highest BCUT2D eigenvalue weighted by molar-refractivity contribution is 6.11. The van der Waals surface area contributed by atoms with Crippen LogP contribution in [0.2, 0.25) is 0 Å². The highest BCUT2D eigenvalue weighted by Crippen LogP contribution is 2.39. The molecule has 11 nitrogen and oxygen atoms in total. The standard InChI is InChI=1S/C35H34N4O7/c1-44-25-14-23(15-26(17-25)45-2)34(42)37-29-16-22(33(41)36-28-8-5-4-7-27(28)35(43)46-3)11-12-31(29)38-18-21-13-24(20-38)30-9-6-10-32(40)39(30)19-21/h4-12,14-17,21,24H,13,18-20H2,1-3H3,(H,36,41)(H,37,42)/t21-,24+/m1/s1. The third-order valence-electron chi connectivity index (χ3n) is 8.52. The third kappa shape index (κ3) is 6.03. The number of aromatic nitrogens is 1. The predicted octanol–water partition coefficient (Wildman–Crippen LogP) is 4.78. The van der Waals surface area contributed by atoms with Crippen molar-refractivity contribution >= 4 is 34.8 Å². The van der Waals surface area contributed by atoms with E-state index in [0.29, 0.717) is 48.1 Å². The van der Waals surface area contributed by atoms with E-state index in [1.165, 1.54) is 21.3 Å². The molecule has 2 atom stereocenters. The second-order valence-corrected chi connectivity index (χ2v) is 11.4. The monoisotopic (exact) mass is 622 g/mol. The van der Waals surface area contributed by atoms with Gasteiger partial charge in [0, 0.05) is 54.5 Å². The number of benzene rings is 3. The van der Waals surface area contributed by atoms with Crippen molar-refractivity contribution in [2.75, 3.05) is 50.0 Å². The highest BCUT2D eigenvalue weighted by Gasteiger charge is 2.35. The van der Waals surface area contributed by atoms with E-state index in [4.69, 9.17) is 14.2 Å². The fourth-order valence-corrected chi connectivity index (χ4v) is 6.35. The Kier molecular flexibility index (Phi) is 8.47. The van der Waals surface area contributed by atoms with Gasteiger partial charge in [0.2, 0.25) is 0 Å². The number of hydrogen-bond acceptors (Lipinski definition) is 8. The van der Waals surface area contributed by atoms with Crippen molar-refractivity contribution in [1.82, 2.24) is 4.57 Å². The Morgan fingerprint density at radius 2 is 1.46 bits per heavy atom. The second kappa shape index (κ2) is 12.8. The van der Waals surface area contributed by atoms with Crippen molar-refractivity contribution in [3.05, 3.63) is 112 Å². The van der Waals surface area contributed by atoms with Gasteiger partial charge in [0.25, 0.3) is 17.4 Å². The van der Waals surface area contributed by atoms with Gasteiger partial charge in [-0.3, -0.25) is 14.4 Å². The van der Waals surface area contributed by atoms with E-state index in [1.807, 2.05) is 16.7 Å². The van der Waals surface area contributed by atoms with Crippen LogP contribution in [0.4, 0.5) is 17.1 Å². The molecule has 236 valence electrons. The summed E-state index contributed by atoms with van der Waals surface area (Å²) in [6.45, 7) is 1.92. The van der Waals surface area contributed by atoms with E-state index in [1.54, 1.807) is 66.7 Å². The van der Waals surface area contributed by atoms with Crippen LogP contribution < -0.4 is 30.6 Å². The SMILES string of the molecule is COC(=O)c1ccccc1NC(=O)c1ccc(N2C[C@H]3C[C@@H](C2)c2cccc(=O)n2C3)c(NC(=O)c2cc(OC)cc(OC)c2)c1. The van der Waals surface area contributed by atoms with Gasteiger partial charge in [-0.25, -0.2) is 4.79 Å². The lowest BCUT2D eigenvalue weighted by atomic mass is 9.83. The van der Waals surface area contributed by atoms with Gasteiger partial charge < -0.3 is 34.3 Å². The van der Waals surface area contributed by atoms with Gasteiger partial charge in [0.1, 0.15) is 11.5 Å². The summed E-state index contributed by atoms with van der Waals surface area (Å²) in [6, 6.07) is 22.0. The zero-order valence-electron chi connectivity index (χ0n) is 25.7. The minimum Gasteiger partial charge on any atom is -0.497 e. The first-order chi connectivity index (χ1) is 22.3. The zero-order chi connectivity index (χ0) is 32.4. The van der Waals surface area contributed by atoms with Crippen LogP contribution in [0.1, 0.15) is 49.1 Å². The molecule has 2 aliphatic heterocycles. The number of rotatable bonds is 8. The molecule has 0 spiro atoms. The molecule has 1 fully saturated rings. The van der Waals surface area contributed by atoms with E-state index < -0.39 is 17.8 Å². The molecule has 3 heterocycles. The van der Waals surface area contributed by atoms with Gasteiger partial charge in [0.05, 0.1) is 44.0 Å². The molecule has 46 heavy (non-hydrogen) atoms. The number of piperidine rings is 1. The third-order valence-corrected chi connectivity index (χ3v) is 8.52. The number of ether oxygens (including phenoxy) is 3. The number of para-hydroxylation sites is 1. The Morgan fingerprint density at radius 1 is 0.739 bits per heavy atom. The predicted molar refractivity (Wildman–Crippen MR) is 173 cm³/mol. The first-order valence-electron chi connectivity index (χ1n) is 14.9. The summed E-state index contributed by atoms with van der Waals surface area (Å²) < 4.78 is 17.5. The first kappa shape index (κ1) is 30.4. The van der Waals surface area contributed by atoms with Gasteiger partial charge >= 0.3 is 5.97 Å². The summed E-state index contributed by atoms with van der Waals surface area (Å²) >= 11 is 0. The molecule has 6 rings (SSSR count). The molecule has 4 aromatic rings. The highest BCUT2D eigenvalue weighted by atomic mass is 16.5. The van der Waals surface area contributed by atoms with Gasteiger partial charge in [-0.1, -0.05) is 18.2 Å². The van der Waals surface area contributed by atoms with Crippen LogP contribution in [0.5, 0.6) is 11.5 Å². The maximum absolute atomic E-state index is 13.7. The number of amides is 2. The lowest BCUT2D eigenvalue weighted by Crippen LogP contribution is -2.47. The first-order valence-corrected chi connectivity index (χ1v) is 14.9. The summed E-state index contributed by atoms with van der Waals surface area (Å²) in [5.41, 5.74) is 3.30. The molecule has 0 unspecified atom stereocenters. The van der Waals surface area contributed by atoms with Crippen molar-refractivity contribution in [2.24, 2.45) is 5.92 Å². The minimum atomic E-state index is -0.576. The summed E-state index contributed by atoms with van der Waals surface area (Å²) in [6.07, 6.45) is 0.964. The average molecular weight is 623 g/mol. The number of pyridine rings is 1. The van der Waals surface area contributed by atoms with E-state index in [0.717, 1.165) is 17.8 Å². The van der Waals surface area contributed by atoms with Crippen molar-refractivity contribution in [3.63, 3.8) is 0 Å². The van der Waals surface area contributed by atoms with Crippen LogP contribution in [0.3, 0.4) is 0 Å². The number of fused-ring (bicyclic) bond motifs is 4. The van der Waals surface area contributed by atoms with Gasteiger partial charge in [-0.15, -0.1) is 0 Å². The number of methoxy groups -OCH3 is 3. The molecule has 3 aromatic carbocycles. The summed E-state index contributed by atoms with van der Waals surface area (Å²) in [5.74, 6) is -0.181. The Hall–Kier alpha value is -5.58. The van der Waals surface area contributed by atoms with Crippen LogP contribution >= 0.6 is 0 Å². The summed E-state index contributed by atoms with van der Waals surface area (Å²) in [5, 5.41) is 5.82. The molecule has 0 saturated carbocycles. The Balaban J connectivity index is 1.35. The maximum atomic E-state index is 13.7. The Morgan fingerprint density at radius 3 is 2.20 bits per heavy atom. The fourth-order valence-electron chi connectivity index (χ4n) is 6.35. The molecule has 2 bridgehead atoms. The Labute approximate surface area is 265 Å². The molecular formula is C35H34N4O7. The van der Waals surface area contributed by atoms with Crippen LogP contribution in [-0.4, -0.2) is 56.8 Å². The molecule has 1 aromatic heterocycles.